The summed E-state index contributed by atoms with van der Waals surface area (Å²) in [5.41, 5.74) is 0. The Bertz CT molecular complexity index is 351. The van der Waals surface area contributed by atoms with E-state index in [1.54, 1.807) is 12.4 Å². The molecule has 2 heterocycles. The van der Waals surface area contributed by atoms with Crippen LogP contribution in [0, 0.1) is 0 Å². The average molecular weight is 237 g/mol. The SMILES string of the molecule is CC(C)Oc1nccnc1NC1CCCOC1. The second-order valence-corrected chi connectivity index (χ2v) is 4.44. The number of nitrogens with zero attached hydrogens (tertiary/aromatic N) is 2. The fraction of sp³-hybridized carbons (Fsp3) is 0.667. The monoisotopic (exact) mass is 237 g/mol. The summed E-state index contributed by atoms with van der Waals surface area (Å²) in [7, 11) is 0. The number of hydrogen-bond donors (Lipinski definition) is 1. The highest BCUT2D eigenvalue weighted by atomic mass is 16.5. The van der Waals surface area contributed by atoms with Gasteiger partial charge in [-0.3, -0.25) is 0 Å². The highest BCUT2D eigenvalue weighted by molar-refractivity contribution is 5.45. The van der Waals surface area contributed by atoms with Crippen molar-refractivity contribution < 1.29 is 9.47 Å². The Balaban J connectivity index is 2.03. The van der Waals surface area contributed by atoms with Gasteiger partial charge in [0.1, 0.15) is 0 Å². The highest BCUT2D eigenvalue weighted by Gasteiger charge is 2.17. The Hall–Kier alpha value is -1.36. The molecule has 1 aromatic rings. The molecule has 1 aromatic heterocycles. The lowest BCUT2D eigenvalue weighted by molar-refractivity contribution is 0.0873. The lowest BCUT2D eigenvalue weighted by atomic mass is 10.1. The van der Waals surface area contributed by atoms with Crippen LogP contribution in [0.1, 0.15) is 26.7 Å². The van der Waals surface area contributed by atoms with Crippen LogP contribution in [0.4, 0.5) is 5.82 Å². The van der Waals surface area contributed by atoms with Gasteiger partial charge < -0.3 is 14.8 Å². The van der Waals surface area contributed by atoms with Crippen LogP contribution in [0.2, 0.25) is 0 Å². The average Bonchev–Trinajstić information content (AvgIpc) is 2.32. The van der Waals surface area contributed by atoms with E-state index in [1.165, 1.54) is 0 Å². The molecular formula is C12H19N3O2. The maximum Gasteiger partial charge on any atom is 0.257 e. The maximum absolute atomic E-state index is 5.61. The van der Waals surface area contributed by atoms with E-state index in [4.69, 9.17) is 9.47 Å². The van der Waals surface area contributed by atoms with Crippen LogP contribution >= 0.6 is 0 Å². The standard InChI is InChI=1S/C12H19N3O2/c1-9(2)17-12-11(13-5-6-14-12)15-10-4-3-7-16-8-10/h5-6,9-10H,3-4,7-8H2,1-2H3,(H,13,15). The zero-order valence-electron chi connectivity index (χ0n) is 10.3. The quantitative estimate of drug-likeness (QED) is 0.866. The van der Waals surface area contributed by atoms with Crippen LogP contribution in [0.15, 0.2) is 12.4 Å². The minimum absolute atomic E-state index is 0.0925. The Kier molecular flexibility index (Phi) is 4.14. The molecule has 5 heteroatoms. The first-order chi connectivity index (χ1) is 8.25. The van der Waals surface area contributed by atoms with Gasteiger partial charge in [0.15, 0.2) is 5.82 Å². The van der Waals surface area contributed by atoms with Gasteiger partial charge in [-0.05, 0) is 26.7 Å². The topological polar surface area (TPSA) is 56.3 Å². The molecule has 1 aliphatic rings. The summed E-state index contributed by atoms with van der Waals surface area (Å²) in [6, 6.07) is 0.301. The van der Waals surface area contributed by atoms with Crippen molar-refractivity contribution in [2.24, 2.45) is 0 Å². The van der Waals surface area contributed by atoms with Gasteiger partial charge in [0.05, 0.1) is 18.8 Å². The van der Waals surface area contributed by atoms with Gasteiger partial charge in [-0.1, -0.05) is 0 Å². The zero-order valence-corrected chi connectivity index (χ0v) is 10.3. The van der Waals surface area contributed by atoms with Gasteiger partial charge in [-0.25, -0.2) is 9.97 Å². The second-order valence-electron chi connectivity index (χ2n) is 4.44. The molecule has 1 fully saturated rings. The zero-order chi connectivity index (χ0) is 12.1. The summed E-state index contributed by atoms with van der Waals surface area (Å²) in [4.78, 5) is 8.47. The summed E-state index contributed by atoms with van der Waals surface area (Å²) in [6.45, 7) is 5.52. The molecule has 0 radical (unpaired) electrons. The van der Waals surface area contributed by atoms with Gasteiger partial charge >= 0.3 is 0 Å². The molecule has 0 spiro atoms. The first-order valence-corrected chi connectivity index (χ1v) is 6.07. The highest BCUT2D eigenvalue weighted by Crippen LogP contribution is 2.21. The first kappa shape index (κ1) is 12.1. The molecule has 0 aromatic carbocycles. The fourth-order valence-corrected chi connectivity index (χ4v) is 1.78. The molecule has 94 valence electrons. The second kappa shape index (κ2) is 5.82. The van der Waals surface area contributed by atoms with Crippen molar-refractivity contribution in [2.75, 3.05) is 18.5 Å². The van der Waals surface area contributed by atoms with Crippen molar-refractivity contribution in [2.45, 2.75) is 38.8 Å². The minimum atomic E-state index is 0.0925. The number of anilines is 1. The van der Waals surface area contributed by atoms with E-state index >= 15 is 0 Å². The predicted octanol–water partition coefficient (Wildman–Crippen LogP) is 1.85. The van der Waals surface area contributed by atoms with Gasteiger partial charge in [0.25, 0.3) is 5.88 Å². The van der Waals surface area contributed by atoms with E-state index in [-0.39, 0.29) is 6.10 Å². The lowest BCUT2D eigenvalue weighted by Gasteiger charge is -2.24. The van der Waals surface area contributed by atoms with Gasteiger partial charge in [-0.2, -0.15) is 0 Å². The molecule has 17 heavy (non-hydrogen) atoms. The van der Waals surface area contributed by atoms with Crippen molar-refractivity contribution in [3.05, 3.63) is 12.4 Å². The molecular weight excluding hydrogens is 218 g/mol. The Morgan fingerprint density at radius 3 is 2.94 bits per heavy atom. The van der Waals surface area contributed by atoms with E-state index in [1.807, 2.05) is 13.8 Å². The third-order valence-electron chi connectivity index (χ3n) is 2.51. The van der Waals surface area contributed by atoms with Crippen LogP contribution in [-0.4, -0.2) is 35.3 Å². The largest absolute Gasteiger partial charge is 0.472 e. The summed E-state index contributed by atoms with van der Waals surface area (Å²) < 4.78 is 11.0. The summed E-state index contributed by atoms with van der Waals surface area (Å²) in [5.74, 6) is 1.27. The Labute approximate surface area is 102 Å². The van der Waals surface area contributed by atoms with E-state index < -0.39 is 0 Å². The van der Waals surface area contributed by atoms with Crippen LogP contribution in [0.5, 0.6) is 5.88 Å². The molecule has 1 N–H and O–H groups in total. The van der Waals surface area contributed by atoms with E-state index in [9.17, 15) is 0 Å². The van der Waals surface area contributed by atoms with Crippen molar-refractivity contribution in [3.63, 3.8) is 0 Å². The molecule has 0 aliphatic carbocycles. The molecule has 1 atom stereocenters. The molecule has 1 aliphatic heterocycles. The van der Waals surface area contributed by atoms with Gasteiger partial charge in [-0.15, -0.1) is 0 Å². The third kappa shape index (κ3) is 3.56. The van der Waals surface area contributed by atoms with Gasteiger partial charge in [0, 0.05) is 19.0 Å². The molecule has 2 rings (SSSR count). The van der Waals surface area contributed by atoms with Gasteiger partial charge in [0.2, 0.25) is 0 Å². The predicted molar refractivity (Wildman–Crippen MR) is 65.3 cm³/mol. The lowest BCUT2D eigenvalue weighted by Crippen LogP contribution is -2.30. The minimum Gasteiger partial charge on any atom is -0.472 e. The molecule has 0 bridgehead atoms. The smallest absolute Gasteiger partial charge is 0.257 e. The Morgan fingerprint density at radius 1 is 1.41 bits per heavy atom. The van der Waals surface area contributed by atoms with Crippen LogP contribution in [0.25, 0.3) is 0 Å². The molecule has 1 unspecified atom stereocenters. The number of hydrogen-bond acceptors (Lipinski definition) is 5. The normalized spacial score (nSPS) is 20.3. The third-order valence-corrected chi connectivity index (χ3v) is 2.51. The van der Waals surface area contributed by atoms with Crippen LogP contribution in [-0.2, 0) is 4.74 Å². The molecule has 0 saturated carbocycles. The summed E-state index contributed by atoms with van der Waals surface area (Å²) in [6.07, 6.45) is 5.57. The summed E-state index contributed by atoms with van der Waals surface area (Å²) >= 11 is 0. The van der Waals surface area contributed by atoms with E-state index in [0.717, 1.165) is 26.1 Å². The molecule has 1 saturated heterocycles. The van der Waals surface area contributed by atoms with Crippen LogP contribution < -0.4 is 10.1 Å². The van der Waals surface area contributed by atoms with E-state index in [0.29, 0.717) is 17.7 Å². The number of ether oxygens (including phenoxy) is 2. The fourth-order valence-electron chi connectivity index (χ4n) is 1.78. The number of aromatic nitrogens is 2. The molecule has 0 amide bonds. The number of rotatable bonds is 4. The molecule has 5 nitrogen and oxygen atoms in total. The number of nitrogens with one attached hydrogen (secondary N) is 1. The van der Waals surface area contributed by atoms with Crippen LogP contribution in [0.3, 0.4) is 0 Å². The van der Waals surface area contributed by atoms with Crippen molar-refractivity contribution in [1.82, 2.24) is 9.97 Å². The first-order valence-electron chi connectivity index (χ1n) is 6.07. The maximum atomic E-state index is 5.61. The van der Waals surface area contributed by atoms with E-state index in [2.05, 4.69) is 15.3 Å². The van der Waals surface area contributed by atoms with Crippen molar-refractivity contribution in [1.29, 1.82) is 0 Å². The van der Waals surface area contributed by atoms with Crippen molar-refractivity contribution in [3.8, 4) is 5.88 Å². The van der Waals surface area contributed by atoms with Crippen molar-refractivity contribution >= 4 is 5.82 Å². The Morgan fingerprint density at radius 2 is 2.24 bits per heavy atom. The summed E-state index contributed by atoms with van der Waals surface area (Å²) in [5, 5.41) is 3.33.